The third-order valence-electron chi connectivity index (χ3n) is 5.33. The van der Waals surface area contributed by atoms with Crippen LogP contribution in [0.5, 0.6) is 11.5 Å². The Labute approximate surface area is 192 Å². The fraction of sp³-hybridized carbons (Fsp3) is 0.375. The second-order valence-corrected chi connectivity index (χ2v) is 8.39. The van der Waals surface area contributed by atoms with Gasteiger partial charge in [0.05, 0.1) is 19.1 Å². The van der Waals surface area contributed by atoms with Gasteiger partial charge in [-0.2, -0.15) is 4.98 Å². The van der Waals surface area contributed by atoms with E-state index in [0.29, 0.717) is 55.9 Å². The highest BCUT2D eigenvalue weighted by molar-refractivity contribution is 7.98. The van der Waals surface area contributed by atoms with Crippen LogP contribution < -0.4 is 9.47 Å². The van der Waals surface area contributed by atoms with Crippen LogP contribution in [-0.4, -0.2) is 47.0 Å². The number of carbonyl (C=O) groups is 1. The molecule has 1 unspecified atom stereocenters. The molecule has 0 N–H and O–H groups in total. The molecule has 1 aliphatic heterocycles. The van der Waals surface area contributed by atoms with E-state index in [1.165, 1.54) is 4.90 Å². The molecule has 1 aromatic heterocycles. The number of thioether (sulfide) groups is 1. The molecule has 0 aliphatic carbocycles. The number of benzene rings is 2. The number of rotatable bonds is 9. The number of hydrogen-bond donors (Lipinski definition) is 0. The number of carbonyl (C=O) groups excluding carboxylic acids is 1. The Kier molecular flexibility index (Phi) is 6.99. The van der Waals surface area contributed by atoms with E-state index in [4.69, 9.17) is 14.0 Å². The topological polar surface area (TPSA) is 77.7 Å². The van der Waals surface area contributed by atoms with Crippen molar-refractivity contribution < 1.29 is 18.8 Å². The van der Waals surface area contributed by atoms with Crippen molar-refractivity contribution in [3.63, 3.8) is 0 Å². The maximum atomic E-state index is 12.7. The maximum Gasteiger partial charge on any atom is 0.232 e. The van der Waals surface area contributed by atoms with E-state index in [-0.39, 0.29) is 11.8 Å². The van der Waals surface area contributed by atoms with Crippen LogP contribution in [0, 0.1) is 0 Å². The highest BCUT2D eigenvalue weighted by Gasteiger charge is 2.34. The Morgan fingerprint density at radius 2 is 1.84 bits per heavy atom. The summed E-state index contributed by atoms with van der Waals surface area (Å²) in [6.07, 6.45) is 2.40. The van der Waals surface area contributed by atoms with Gasteiger partial charge in [0.15, 0.2) is 11.5 Å². The lowest BCUT2D eigenvalue weighted by molar-refractivity contribution is -0.128. The van der Waals surface area contributed by atoms with E-state index in [0.717, 1.165) is 11.1 Å². The van der Waals surface area contributed by atoms with Gasteiger partial charge in [-0.15, -0.1) is 11.8 Å². The van der Waals surface area contributed by atoms with E-state index >= 15 is 0 Å². The summed E-state index contributed by atoms with van der Waals surface area (Å²) in [5.74, 6) is 2.43. The fourth-order valence-electron chi connectivity index (χ4n) is 3.76. The summed E-state index contributed by atoms with van der Waals surface area (Å²) in [7, 11) is 0. The summed E-state index contributed by atoms with van der Waals surface area (Å²) in [5, 5.41) is 4.13. The van der Waals surface area contributed by atoms with Gasteiger partial charge >= 0.3 is 0 Å². The second-order valence-electron chi connectivity index (χ2n) is 7.51. The van der Waals surface area contributed by atoms with E-state index in [9.17, 15) is 4.79 Å². The van der Waals surface area contributed by atoms with Crippen LogP contribution in [0.2, 0.25) is 0 Å². The second kappa shape index (κ2) is 10.1. The van der Waals surface area contributed by atoms with Crippen LogP contribution in [0.15, 0.2) is 51.9 Å². The van der Waals surface area contributed by atoms with Crippen LogP contribution in [-0.2, 0) is 11.3 Å². The Morgan fingerprint density at radius 1 is 1.09 bits per heavy atom. The molecule has 2 aromatic carbocycles. The first kappa shape index (κ1) is 22.2. The maximum absolute atomic E-state index is 12.7. The molecule has 1 atom stereocenters. The van der Waals surface area contributed by atoms with Crippen LogP contribution in [0.25, 0.3) is 11.4 Å². The van der Waals surface area contributed by atoms with E-state index in [1.54, 1.807) is 11.8 Å². The predicted molar refractivity (Wildman–Crippen MR) is 123 cm³/mol. The number of likely N-dealkylation sites (tertiary alicyclic amines) is 1. The minimum absolute atomic E-state index is 0.0749. The van der Waals surface area contributed by atoms with Gasteiger partial charge in [0.1, 0.15) is 0 Å². The van der Waals surface area contributed by atoms with Gasteiger partial charge in [-0.05, 0) is 62.1 Å². The van der Waals surface area contributed by atoms with E-state index < -0.39 is 0 Å². The smallest absolute Gasteiger partial charge is 0.232 e. The van der Waals surface area contributed by atoms with Crippen molar-refractivity contribution in [1.29, 1.82) is 0 Å². The average Bonchev–Trinajstić information content (AvgIpc) is 3.43. The number of amides is 1. The Morgan fingerprint density at radius 3 is 2.56 bits per heavy atom. The summed E-state index contributed by atoms with van der Waals surface area (Å²) in [6, 6.07) is 13.8. The molecule has 7 nitrogen and oxygen atoms in total. The van der Waals surface area contributed by atoms with Gasteiger partial charge in [0.2, 0.25) is 17.6 Å². The zero-order valence-electron chi connectivity index (χ0n) is 18.5. The summed E-state index contributed by atoms with van der Waals surface area (Å²) in [5.41, 5.74) is 1.89. The van der Waals surface area contributed by atoms with Crippen LogP contribution in [0.3, 0.4) is 0 Å². The molecule has 1 aliphatic rings. The summed E-state index contributed by atoms with van der Waals surface area (Å²) in [6.45, 7) is 6.04. The monoisotopic (exact) mass is 453 g/mol. The summed E-state index contributed by atoms with van der Waals surface area (Å²) >= 11 is 1.68. The Hall–Kier alpha value is -3.00. The first-order valence-corrected chi connectivity index (χ1v) is 12.0. The molecular weight excluding hydrogens is 426 g/mol. The molecule has 8 heteroatoms. The van der Waals surface area contributed by atoms with Gasteiger partial charge in [0, 0.05) is 30.0 Å². The highest BCUT2D eigenvalue weighted by Crippen LogP contribution is 2.32. The molecule has 0 saturated carbocycles. The fourth-order valence-corrected chi connectivity index (χ4v) is 4.17. The molecule has 3 aromatic rings. The number of nitrogens with zero attached hydrogens (tertiary/aromatic N) is 3. The van der Waals surface area contributed by atoms with Crippen molar-refractivity contribution in [2.45, 2.75) is 37.6 Å². The molecule has 0 bridgehead atoms. The van der Waals surface area contributed by atoms with E-state index in [1.807, 2.05) is 67.5 Å². The summed E-state index contributed by atoms with van der Waals surface area (Å²) < 4.78 is 16.9. The molecule has 0 radical (unpaired) electrons. The highest BCUT2D eigenvalue weighted by atomic mass is 32.2. The van der Waals surface area contributed by atoms with Crippen LogP contribution >= 0.6 is 11.8 Å². The molecule has 2 heterocycles. The summed E-state index contributed by atoms with van der Waals surface area (Å²) in [4.78, 5) is 20.2. The molecule has 0 spiro atoms. The van der Waals surface area contributed by atoms with Gasteiger partial charge < -0.3 is 18.9 Å². The van der Waals surface area contributed by atoms with Crippen molar-refractivity contribution in [3.8, 4) is 22.9 Å². The number of ether oxygens (including phenoxy) is 2. The molecule has 4 rings (SSSR count). The van der Waals surface area contributed by atoms with Gasteiger partial charge in [-0.25, -0.2) is 0 Å². The predicted octanol–water partition coefficient (Wildman–Crippen LogP) is 4.77. The number of aromatic nitrogens is 2. The zero-order valence-corrected chi connectivity index (χ0v) is 19.4. The quantitative estimate of drug-likeness (QED) is 0.432. The van der Waals surface area contributed by atoms with Crippen LogP contribution in [0.1, 0.15) is 37.6 Å². The molecule has 1 fully saturated rings. The SMILES string of the molecule is CCOc1ccc(CN2CC(c3nc(-c4ccc(SC)cc4)no3)CC2=O)cc1OCC. The zero-order chi connectivity index (χ0) is 22.5. The first-order chi connectivity index (χ1) is 15.6. The van der Waals surface area contributed by atoms with E-state index in [2.05, 4.69) is 10.1 Å². The van der Waals surface area contributed by atoms with Gasteiger partial charge in [-0.3, -0.25) is 4.79 Å². The van der Waals surface area contributed by atoms with Crippen molar-refractivity contribution in [1.82, 2.24) is 15.0 Å². The minimum Gasteiger partial charge on any atom is -0.490 e. The van der Waals surface area contributed by atoms with Crippen LogP contribution in [0.4, 0.5) is 0 Å². The molecule has 1 saturated heterocycles. The van der Waals surface area contributed by atoms with Gasteiger partial charge in [0.25, 0.3) is 0 Å². The van der Waals surface area contributed by atoms with Gasteiger partial charge in [-0.1, -0.05) is 11.2 Å². The molecule has 168 valence electrons. The lowest BCUT2D eigenvalue weighted by Crippen LogP contribution is -2.24. The molecule has 32 heavy (non-hydrogen) atoms. The van der Waals surface area contributed by atoms with Crippen molar-refractivity contribution in [2.75, 3.05) is 26.0 Å². The lowest BCUT2D eigenvalue weighted by atomic mass is 10.1. The standard InChI is InChI=1S/C24H27N3O4S/c1-4-29-20-11-6-16(12-21(20)30-5-2)14-27-15-18(13-22(27)28)24-25-23(26-31-24)17-7-9-19(32-3)10-8-17/h6-12,18H,4-5,13-15H2,1-3H3. The van der Waals surface area contributed by atoms with Crippen molar-refractivity contribution in [2.24, 2.45) is 0 Å². The Balaban J connectivity index is 1.44. The third-order valence-corrected chi connectivity index (χ3v) is 6.08. The number of hydrogen-bond acceptors (Lipinski definition) is 7. The minimum atomic E-state index is -0.108. The first-order valence-electron chi connectivity index (χ1n) is 10.8. The molecule has 1 amide bonds. The van der Waals surface area contributed by atoms with Crippen molar-refractivity contribution in [3.05, 3.63) is 53.9 Å². The van der Waals surface area contributed by atoms with Crippen molar-refractivity contribution >= 4 is 17.7 Å². The Bertz CT molecular complexity index is 1070. The molecular formula is C24H27N3O4S. The normalized spacial score (nSPS) is 15.9. The third kappa shape index (κ3) is 4.91. The largest absolute Gasteiger partial charge is 0.490 e. The average molecular weight is 454 g/mol. The lowest BCUT2D eigenvalue weighted by Gasteiger charge is -2.18.